The second-order valence-electron chi connectivity index (χ2n) is 3.43. The number of likely N-dealkylation sites (N-methyl/N-ethyl adjacent to an activating group) is 1. The number of carbonyl (C=O) groups excluding carboxylic acids is 1. The molecule has 1 amide bonds. The van der Waals surface area contributed by atoms with Crippen LogP contribution in [0.4, 0.5) is 5.69 Å². The van der Waals surface area contributed by atoms with Gasteiger partial charge in [-0.1, -0.05) is 11.6 Å². The molecule has 2 rings (SSSR count). The molecule has 92 valence electrons. The number of hydrogen-bond donors (Lipinski definition) is 0. The topological polar surface area (TPSA) is 63.7 Å². The Morgan fingerprint density at radius 1 is 1.41 bits per heavy atom. The largest absolute Gasteiger partial charge is 0.480 e. The molecule has 0 atom stereocenters. The lowest BCUT2D eigenvalue weighted by molar-refractivity contribution is -0.121. The first kappa shape index (κ1) is 12.5. The van der Waals surface area contributed by atoms with Gasteiger partial charge in [0.05, 0.1) is 5.69 Å². The SMILES string of the molecule is CN1C(=O)COc2c1cc(Cl)cc2S(=O)(=O)Cl. The lowest BCUT2D eigenvalue weighted by atomic mass is 10.2. The van der Waals surface area contributed by atoms with Crippen molar-refractivity contribution in [1.29, 1.82) is 0 Å². The van der Waals surface area contributed by atoms with Crippen LogP contribution in [0.2, 0.25) is 5.02 Å². The third-order valence-electron chi connectivity index (χ3n) is 2.34. The number of amides is 1. The van der Waals surface area contributed by atoms with Gasteiger partial charge in [-0.05, 0) is 12.1 Å². The Hall–Kier alpha value is -0.980. The summed E-state index contributed by atoms with van der Waals surface area (Å²) in [6.07, 6.45) is 0. The van der Waals surface area contributed by atoms with Crippen LogP contribution in [0.25, 0.3) is 0 Å². The van der Waals surface area contributed by atoms with Gasteiger partial charge in [0.25, 0.3) is 15.0 Å². The van der Waals surface area contributed by atoms with E-state index in [1.807, 2.05) is 0 Å². The van der Waals surface area contributed by atoms with Crippen LogP contribution < -0.4 is 9.64 Å². The first-order chi connectivity index (χ1) is 7.80. The van der Waals surface area contributed by atoms with Crippen LogP contribution in [0, 0.1) is 0 Å². The van der Waals surface area contributed by atoms with E-state index in [-0.39, 0.29) is 33.9 Å². The Bertz CT molecular complexity index is 599. The molecule has 0 bridgehead atoms. The van der Waals surface area contributed by atoms with Crippen molar-refractivity contribution in [2.45, 2.75) is 4.90 Å². The van der Waals surface area contributed by atoms with Crippen molar-refractivity contribution < 1.29 is 17.9 Å². The predicted molar refractivity (Wildman–Crippen MR) is 63.4 cm³/mol. The van der Waals surface area contributed by atoms with Gasteiger partial charge in [-0.25, -0.2) is 8.42 Å². The zero-order valence-electron chi connectivity index (χ0n) is 8.61. The van der Waals surface area contributed by atoms with Crippen molar-refractivity contribution in [3.8, 4) is 5.75 Å². The van der Waals surface area contributed by atoms with Gasteiger partial charge >= 0.3 is 0 Å². The fourth-order valence-electron chi connectivity index (χ4n) is 1.50. The minimum absolute atomic E-state index is 0.0477. The van der Waals surface area contributed by atoms with E-state index in [1.54, 1.807) is 0 Å². The third kappa shape index (κ3) is 2.20. The van der Waals surface area contributed by atoms with E-state index in [1.165, 1.54) is 24.1 Å². The van der Waals surface area contributed by atoms with Crippen molar-refractivity contribution in [2.75, 3.05) is 18.6 Å². The lowest BCUT2D eigenvalue weighted by Gasteiger charge is -2.27. The van der Waals surface area contributed by atoms with Gasteiger partial charge in [0, 0.05) is 22.8 Å². The number of benzene rings is 1. The normalized spacial score (nSPS) is 15.5. The molecule has 0 saturated heterocycles. The summed E-state index contributed by atoms with van der Waals surface area (Å²) in [4.78, 5) is 12.4. The summed E-state index contributed by atoms with van der Waals surface area (Å²) in [5, 5.41) is 0.160. The smallest absolute Gasteiger partial charge is 0.265 e. The lowest BCUT2D eigenvalue weighted by Crippen LogP contribution is -2.35. The van der Waals surface area contributed by atoms with Gasteiger partial charge in [0.1, 0.15) is 4.90 Å². The summed E-state index contributed by atoms with van der Waals surface area (Å²) in [5.41, 5.74) is 0.285. The van der Waals surface area contributed by atoms with E-state index >= 15 is 0 Å². The number of fused-ring (bicyclic) bond motifs is 1. The zero-order valence-corrected chi connectivity index (χ0v) is 10.9. The Morgan fingerprint density at radius 2 is 2.06 bits per heavy atom. The zero-order chi connectivity index (χ0) is 12.8. The highest BCUT2D eigenvalue weighted by Gasteiger charge is 2.29. The van der Waals surface area contributed by atoms with Gasteiger partial charge in [0.15, 0.2) is 12.4 Å². The molecule has 0 aromatic heterocycles. The molecule has 0 fully saturated rings. The van der Waals surface area contributed by atoms with Crippen molar-refractivity contribution in [1.82, 2.24) is 0 Å². The molecule has 8 heteroatoms. The van der Waals surface area contributed by atoms with E-state index in [0.717, 1.165) is 0 Å². The Labute approximate surface area is 107 Å². The highest BCUT2D eigenvalue weighted by atomic mass is 35.7. The Morgan fingerprint density at radius 3 is 2.65 bits per heavy atom. The second kappa shape index (κ2) is 4.04. The van der Waals surface area contributed by atoms with Gasteiger partial charge in [-0.15, -0.1) is 0 Å². The summed E-state index contributed by atoms with van der Waals surface area (Å²) in [6.45, 7) is -0.232. The van der Waals surface area contributed by atoms with Gasteiger partial charge in [-0.2, -0.15) is 0 Å². The number of ether oxygens (including phenoxy) is 1. The summed E-state index contributed by atoms with van der Waals surface area (Å²) in [5.74, 6) is -0.246. The van der Waals surface area contributed by atoms with Gasteiger partial charge in [-0.3, -0.25) is 4.79 Å². The number of rotatable bonds is 1. The number of hydrogen-bond acceptors (Lipinski definition) is 4. The molecule has 0 N–H and O–H groups in total. The van der Waals surface area contributed by atoms with E-state index in [0.29, 0.717) is 0 Å². The number of anilines is 1. The van der Waals surface area contributed by atoms with Gasteiger partial charge in [0.2, 0.25) is 0 Å². The molecule has 1 heterocycles. The van der Waals surface area contributed by atoms with Crippen LogP contribution in [-0.2, 0) is 13.8 Å². The van der Waals surface area contributed by atoms with Crippen LogP contribution >= 0.6 is 22.3 Å². The maximum absolute atomic E-state index is 11.4. The summed E-state index contributed by atoms with van der Waals surface area (Å²) >= 11 is 5.78. The minimum atomic E-state index is -3.98. The monoisotopic (exact) mass is 295 g/mol. The molecule has 1 aliphatic rings. The summed E-state index contributed by atoms with van der Waals surface area (Å²) in [7, 11) is 2.80. The molecule has 0 radical (unpaired) electrons. The molecule has 17 heavy (non-hydrogen) atoms. The van der Waals surface area contributed by atoms with Crippen LogP contribution in [0.3, 0.4) is 0 Å². The quantitative estimate of drug-likeness (QED) is 0.739. The average molecular weight is 296 g/mol. The highest BCUT2D eigenvalue weighted by molar-refractivity contribution is 8.13. The second-order valence-corrected chi connectivity index (χ2v) is 6.40. The van der Waals surface area contributed by atoms with Crippen LogP contribution in [0.15, 0.2) is 17.0 Å². The summed E-state index contributed by atoms with van der Waals surface area (Å²) < 4.78 is 27.8. The van der Waals surface area contributed by atoms with Gasteiger partial charge < -0.3 is 9.64 Å². The first-order valence-corrected chi connectivity index (χ1v) is 7.17. The van der Waals surface area contributed by atoms with E-state index < -0.39 is 9.05 Å². The van der Waals surface area contributed by atoms with Crippen molar-refractivity contribution in [3.63, 3.8) is 0 Å². The molecule has 0 aliphatic carbocycles. The Balaban J connectivity index is 2.74. The summed E-state index contributed by atoms with van der Waals surface area (Å²) in [6, 6.07) is 2.63. The standard InChI is InChI=1S/C9H7Cl2NO4S/c1-12-6-2-5(10)3-7(17(11,14)15)9(6)16-4-8(12)13/h2-3H,4H2,1H3. The first-order valence-electron chi connectivity index (χ1n) is 4.48. The molecule has 1 aromatic carbocycles. The molecule has 1 aromatic rings. The number of carbonyl (C=O) groups is 1. The van der Waals surface area contributed by atoms with Crippen LogP contribution in [-0.4, -0.2) is 28.0 Å². The van der Waals surface area contributed by atoms with Crippen molar-refractivity contribution in [3.05, 3.63) is 17.2 Å². The third-order valence-corrected chi connectivity index (χ3v) is 3.88. The molecule has 0 unspecified atom stereocenters. The molecular formula is C9H7Cl2NO4S. The van der Waals surface area contributed by atoms with Crippen LogP contribution in [0.5, 0.6) is 5.75 Å². The highest BCUT2D eigenvalue weighted by Crippen LogP contribution is 2.40. The van der Waals surface area contributed by atoms with Crippen molar-refractivity contribution >= 4 is 42.9 Å². The van der Waals surface area contributed by atoms with Crippen molar-refractivity contribution in [2.24, 2.45) is 0 Å². The fraction of sp³-hybridized carbons (Fsp3) is 0.222. The number of halogens is 2. The van der Waals surface area contributed by atoms with Crippen LogP contribution in [0.1, 0.15) is 0 Å². The molecule has 1 aliphatic heterocycles. The Kier molecular flexibility index (Phi) is 2.97. The van der Waals surface area contributed by atoms with E-state index in [4.69, 9.17) is 27.0 Å². The molecule has 0 saturated carbocycles. The fourth-order valence-corrected chi connectivity index (χ4v) is 2.77. The molecule has 0 spiro atoms. The molecular weight excluding hydrogens is 289 g/mol. The minimum Gasteiger partial charge on any atom is -0.480 e. The number of nitrogens with zero attached hydrogens (tertiary/aromatic N) is 1. The van der Waals surface area contributed by atoms with E-state index in [2.05, 4.69) is 0 Å². The maximum atomic E-state index is 11.4. The average Bonchev–Trinajstić information content (AvgIpc) is 2.22. The molecule has 5 nitrogen and oxygen atoms in total. The van der Waals surface area contributed by atoms with E-state index in [9.17, 15) is 13.2 Å². The predicted octanol–water partition coefficient (Wildman–Crippen LogP) is 1.62. The maximum Gasteiger partial charge on any atom is 0.265 e.